The molecule has 0 aliphatic rings. The number of carbonyl (C=O) groups excluding carboxylic acids is 1. The summed E-state index contributed by atoms with van der Waals surface area (Å²) >= 11 is 9.27. The first kappa shape index (κ1) is 17.3. The van der Waals surface area contributed by atoms with E-state index in [1.54, 1.807) is 24.3 Å². The fourth-order valence-corrected chi connectivity index (χ4v) is 2.46. The van der Waals surface area contributed by atoms with Gasteiger partial charge in [-0.1, -0.05) is 17.7 Å². The Hall–Kier alpha value is -2.05. The van der Waals surface area contributed by atoms with Crippen LogP contribution in [0.3, 0.4) is 0 Å². The molecule has 2 aromatic carbocycles. The van der Waals surface area contributed by atoms with Gasteiger partial charge < -0.3 is 10.1 Å². The number of halogens is 2. The van der Waals surface area contributed by atoms with Gasteiger partial charge in [-0.3, -0.25) is 0 Å². The number of hydrogen-bond donors (Lipinski definition) is 2. The first-order valence-electron chi connectivity index (χ1n) is 6.86. The van der Waals surface area contributed by atoms with Crippen molar-refractivity contribution >= 4 is 45.5 Å². The number of carbonyl (C=O) groups is 1. The van der Waals surface area contributed by atoms with Crippen LogP contribution in [0.1, 0.15) is 12.5 Å². The van der Waals surface area contributed by atoms with Gasteiger partial charge in [0.1, 0.15) is 5.75 Å². The summed E-state index contributed by atoms with van der Waals surface area (Å²) in [5, 5.41) is 7.07. The predicted octanol–water partition coefficient (Wildman–Crippen LogP) is 4.66. The van der Waals surface area contributed by atoms with Crippen molar-refractivity contribution in [2.75, 3.05) is 11.9 Å². The van der Waals surface area contributed by atoms with Crippen molar-refractivity contribution in [3.05, 3.63) is 57.5 Å². The number of benzene rings is 2. The van der Waals surface area contributed by atoms with Gasteiger partial charge in [0.2, 0.25) is 0 Å². The van der Waals surface area contributed by atoms with Gasteiger partial charge in [-0.05, 0) is 64.8 Å². The lowest BCUT2D eigenvalue weighted by Gasteiger charge is -2.06. The molecule has 2 aromatic rings. The largest absolute Gasteiger partial charge is 0.493 e. The summed E-state index contributed by atoms with van der Waals surface area (Å²) in [5.41, 5.74) is 3.80. The van der Waals surface area contributed by atoms with Gasteiger partial charge in [-0.15, -0.1) is 0 Å². The maximum atomic E-state index is 11.7. The normalized spacial score (nSPS) is 10.6. The molecule has 2 rings (SSSR count). The lowest BCUT2D eigenvalue weighted by Crippen LogP contribution is -2.24. The number of urea groups is 1. The number of anilines is 1. The van der Waals surface area contributed by atoms with E-state index in [0.717, 1.165) is 15.8 Å². The summed E-state index contributed by atoms with van der Waals surface area (Å²) in [7, 11) is 0. The average molecular weight is 397 g/mol. The Kier molecular flexibility index (Phi) is 6.43. The standard InChI is InChI=1S/C16H15BrClN3O2/c1-2-23-15-7-6-11(8-14(15)17)10-19-21-16(22)20-13-5-3-4-12(18)9-13/h3-10H,2H2,1H3,(H2,20,21,22)/b19-10-. The van der Waals surface area contributed by atoms with Crippen LogP contribution in [0.4, 0.5) is 10.5 Å². The summed E-state index contributed by atoms with van der Waals surface area (Å²) in [6, 6.07) is 11.9. The number of hydrazone groups is 1. The van der Waals surface area contributed by atoms with E-state index in [1.807, 2.05) is 25.1 Å². The molecule has 120 valence electrons. The van der Waals surface area contributed by atoms with Gasteiger partial charge in [0.25, 0.3) is 0 Å². The summed E-state index contributed by atoms with van der Waals surface area (Å²) < 4.78 is 6.25. The van der Waals surface area contributed by atoms with Crippen LogP contribution in [0.5, 0.6) is 5.75 Å². The Labute approximate surface area is 147 Å². The second-order valence-corrected chi connectivity index (χ2v) is 5.75. The number of ether oxygens (including phenoxy) is 1. The van der Waals surface area contributed by atoms with Crippen molar-refractivity contribution in [3.8, 4) is 5.75 Å². The van der Waals surface area contributed by atoms with Crippen LogP contribution in [0.15, 0.2) is 52.0 Å². The summed E-state index contributed by atoms with van der Waals surface area (Å²) in [6.07, 6.45) is 1.54. The van der Waals surface area contributed by atoms with Crippen LogP contribution >= 0.6 is 27.5 Å². The summed E-state index contributed by atoms with van der Waals surface area (Å²) in [6.45, 7) is 2.52. The van der Waals surface area contributed by atoms with Gasteiger partial charge in [0, 0.05) is 10.7 Å². The Morgan fingerprint density at radius 2 is 2.17 bits per heavy atom. The van der Waals surface area contributed by atoms with E-state index in [4.69, 9.17) is 16.3 Å². The third kappa shape index (κ3) is 5.58. The maximum absolute atomic E-state index is 11.7. The molecule has 23 heavy (non-hydrogen) atoms. The molecule has 0 aromatic heterocycles. The quantitative estimate of drug-likeness (QED) is 0.570. The first-order valence-corrected chi connectivity index (χ1v) is 8.03. The fraction of sp³-hybridized carbons (Fsp3) is 0.125. The molecule has 0 saturated carbocycles. The van der Waals surface area contributed by atoms with E-state index >= 15 is 0 Å². The third-order valence-electron chi connectivity index (χ3n) is 2.72. The third-order valence-corrected chi connectivity index (χ3v) is 3.57. The van der Waals surface area contributed by atoms with E-state index in [-0.39, 0.29) is 0 Å². The molecule has 0 aliphatic heterocycles. The molecule has 0 unspecified atom stereocenters. The summed E-state index contributed by atoms with van der Waals surface area (Å²) in [4.78, 5) is 11.7. The van der Waals surface area contributed by atoms with Crippen LogP contribution in [0.2, 0.25) is 5.02 Å². The SMILES string of the molecule is CCOc1ccc(/C=N\NC(=O)Nc2cccc(Cl)c2)cc1Br. The molecule has 0 spiro atoms. The molecule has 0 saturated heterocycles. The molecule has 0 bridgehead atoms. The highest BCUT2D eigenvalue weighted by atomic mass is 79.9. The number of rotatable bonds is 5. The van der Waals surface area contributed by atoms with E-state index in [9.17, 15) is 4.79 Å². The number of nitrogens with zero attached hydrogens (tertiary/aromatic N) is 1. The Balaban J connectivity index is 1.91. The highest BCUT2D eigenvalue weighted by Gasteiger charge is 2.02. The maximum Gasteiger partial charge on any atom is 0.339 e. The van der Waals surface area contributed by atoms with Crippen molar-refractivity contribution in [2.24, 2.45) is 5.10 Å². The van der Waals surface area contributed by atoms with Crippen molar-refractivity contribution in [2.45, 2.75) is 6.92 Å². The van der Waals surface area contributed by atoms with Crippen molar-refractivity contribution in [1.82, 2.24) is 5.43 Å². The predicted molar refractivity (Wildman–Crippen MR) is 96.5 cm³/mol. The fourth-order valence-electron chi connectivity index (χ4n) is 1.76. The molecule has 0 heterocycles. The van der Waals surface area contributed by atoms with Crippen LogP contribution in [-0.2, 0) is 0 Å². The smallest absolute Gasteiger partial charge is 0.339 e. The highest BCUT2D eigenvalue weighted by molar-refractivity contribution is 9.10. The van der Waals surface area contributed by atoms with Crippen LogP contribution < -0.4 is 15.5 Å². The molecule has 0 aliphatic carbocycles. The molecule has 0 atom stereocenters. The van der Waals surface area contributed by atoms with Gasteiger partial charge in [0.15, 0.2) is 0 Å². The van der Waals surface area contributed by atoms with Gasteiger partial charge in [-0.2, -0.15) is 5.10 Å². The zero-order chi connectivity index (χ0) is 16.7. The topological polar surface area (TPSA) is 62.7 Å². The molecular weight excluding hydrogens is 382 g/mol. The lowest BCUT2D eigenvalue weighted by atomic mass is 10.2. The number of hydrogen-bond acceptors (Lipinski definition) is 3. The van der Waals surface area contributed by atoms with Crippen molar-refractivity contribution in [3.63, 3.8) is 0 Å². The lowest BCUT2D eigenvalue weighted by molar-refractivity contribution is 0.252. The molecule has 2 N–H and O–H groups in total. The highest BCUT2D eigenvalue weighted by Crippen LogP contribution is 2.25. The van der Waals surface area contributed by atoms with E-state index in [1.165, 1.54) is 6.21 Å². The zero-order valence-electron chi connectivity index (χ0n) is 12.3. The van der Waals surface area contributed by atoms with E-state index < -0.39 is 6.03 Å². The van der Waals surface area contributed by atoms with E-state index in [2.05, 4.69) is 31.8 Å². The van der Waals surface area contributed by atoms with Gasteiger partial charge in [0.05, 0.1) is 17.3 Å². The molecule has 0 fully saturated rings. The zero-order valence-corrected chi connectivity index (χ0v) is 14.7. The van der Waals surface area contributed by atoms with Crippen molar-refractivity contribution < 1.29 is 9.53 Å². The van der Waals surface area contributed by atoms with Crippen LogP contribution in [0.25, 0.3) is 0 Å². The van der Waals surface area contributed by atoms with Gasteiger partial charge in [-0.25, -0.2) is 10.2 Å². The van der Waals surface area contributed by atoms with Crippen LogP contribution in [-0.4, -0.2) is 18.9 Å². The van der Waals surface area contributed by atoms with Crippen molar-refractivity contribution in [1.29, 1.82) is 0 Å². The minimum atomic E-state index is -0.450. The molecular formula is C16H15BrClN3O2. The summed E-state index contributed by atoms with van der Waals surface area (Å²) in [5.74, 6) is 0.760. The second kappa shape index (κ2) is 8.55. The average Bonchev–Trinajstić information content (AvgIpc) is 2.50. The number of amides is 2. The van der Waals surface area contributed by atoms with Crippen LogP contribution in [0, 0.1) is 0 Å². The monoisotopic (exact) mass is 395 g/mol. The number of nitrogens with one attached hydrogen (secondary N) is 2. The van der Waals surface area contributed by atoms with E-state index in [0.29, 0.717) is 17.3 Å². The molecule has 5 nitrogen and oxygen atoms in total. The van der Waals surface area contributed by atoms with Gasteiger partial charge >= 0.3 is 6.03 Å². The minimum Gasteiger partial charge on any atom is -0.493 e. The Morgan fingerprint density at radius 3 is 2.87 bits per heavy atom. The Morgan fingerprint density at radius 1 is 1.35 bits per heavy atom. The molecule has 0 radical (unpaired) electrons. The first-order chi connectivity index (χ1) is 11.1. The second-order valence-electron chi connectivity index (χ2n) is 4.46. The molecule has 7 heteroatoms. The molecule has 2 amide bonds. The Bertz CT molecular complexity index is 722. The minimum absolute atomic E-state index is 0.450.